The van der Waals surface area contributed by atoms with E-state index in [1.54, 1.807) is 12.3 Å². The van der Waals surface area contributed by atoms with Crippen molar-refractivity contribution in [3.8, 4) is 11.5 Å². The molecule has 1 aromatic carbocycles. The predicted molar refractivity (Wildman–Crippen MR) is 86.7 cm³/mol. The molecule has 1 amide bonds. The Kier molecular flexibility index (Phi) is 5.35. The number of nitrogens with zero attached hydrogens (tertiary/aromatic N) is 2. The van der Waals surface area contributed by atoms with Crippen LogP contribution in [0.4, 0.5) is 0 Å². The molecule has 0 aliphatic rings. The van der Waals surface area contributed by atoms with Gasteiger partial charge in [0.05, 0.1) is 18.9 Å². The molecule has 0 saturated heterocycles. The topological polar surface area (TPSA) is 83.8 Å². The van der Waals surface area contributed by atoms with Gasteiger partial charge < -0.3 is 9.84 Å². The van der Waals surface area contributed by atoms with Crippen molar-refractivity contribution in [2.24, 2.45) is 5.10 Å². The molecule has 0 unspecified atom stereocenters. The van der Waals surface area contributed by atoms with E-state index in [9.17, 15) is 9.90 Å². The number of nitrogens with one attached hydrogen (secondary N) is 1. The molecule has 0 aliphatic carbocycles. The molecule has 0 saturated carbocycles. The van der Waals surface area contributed by atoms with Crippen molar-refractivity contribution in [2.45, 2.75) is 0 Å². The van der Waals surface area contributed by atoms with Crippen LogP contribution in [-0.4, -0.2) is 29.3 Å². The predicted octanol–water partition coefficient (Wildman–Crippen LogP) is 2.98. The lowest BCUT2D eigenvalue weighted by atomic mass is 10.2. The third kappa shape index (κ3) is 3.96. The third-order valence-corrected chi connectivity index (χ3v) is 3.28. The minimum absolute atomic E-state index is 0.117. The second-order valence-electron chi connectivity index (χ2n) is 4.14. The molecule has 2 aromatic rings. The Labute approximate surface area is 139 Å². The zero-order valence-electron chi connectivity index (χ0n) is 11.4. The van der Waals surface area contributed by atoms with Crippen LogP contribution in [0.1, 0.15) is 15.9 Å². The van der Waals surface area contributed by atoms with Crippen LogP contribution in [0, 0.1) is 0 Å². The van der Waals surface area contributed by atoms with Gasteiger partial charge in [-0.3, -0.25) is 9.78 Å². The Morgan fingerprint density at radius 1 is 1.45 bits per heavy atom. The van der Waals surface area contributed by atoms with E-state index >= 15 is 0 Å². The molecule has 8 heteroatoms. The lowest BCUT2D eigenvalue weighted by Gasteiger charge is -2.06. The fourth-order valence-corrected chi connectivity index (χ4v) is 2.19. The fraction of sp³-hybridized carbons (Fsp3) is 0.0714. The van der Waals surface area contributed by atoms with E-state index in [2.05, 4.69) is 31.4 Å². The average molecular weight is 385 g/mol. The number of aromatic nitrogens is 1. The van der Waals surface area contributed by atoms with Crippen LogP contribution in [0.5, 0.6) is 11.5 Å². The monoisotopic (exact) mass is 383 g/mol. The Bertz CT molecular complexity index is 737. The van der Waals surface area contributed by atoms with Gasteiger partial charge in [-0.1, -0.05) is 11.6 Å². The number of ether oxygens (including phenoxy) is 1. The van der Waals surface area contributed by atoms with Crippen LogP contribution in [-0.2, 0) is 0 Å². The molecule has 0 bridgehead atoms. The van der Waals surface area contributed by atoms with E-state index in [0.717, 1.165) is 0 Å². The largest absolute Gasteiger partial charge is 0.504 e. The zero-order chi connectivity index (χ0) is 16.1. The van der Waals surface area contributed by atoms with Gasteiger partial charge in [-0.25, -0.2) is 5.43 Å². The summed E-state index contributed by atoms with van der Waals surface area (Å²) >= 11 is 9.13. The van der Waals surface area contributed by atoms with Crippen molar-refractivity contribution in [1.82, 2.24) is 10.4 Å². The number of hydrogen-bond acceptors (Lipinski definition) is 5. The SMILES string of the molecule is COc1cc(Cl)cc(/C=N/NC(=O)c2cncc(Br)c2)c1O. The summed E-state index contributed by atoms with van der Waals surface area (Å²) in [6, 6.07) is 4.58. The van der Waals surface area contributed by atoms with Crippen molar-refractivity contribution in [3.05, 3.63) is 51.2 Å². The lowest BCUT2D eigenvalue weighted by Crippen LogP contribution is -2.17. The summed E-state index contributed by atoms with van der Waals surface area (Å²) in [4.78, 5) is 15.7. The molecule has 0 atom stereocenters. The van der Waals surface area contributed by atoms with Gasteiger partial charge in [0.15, 0.2) is 11.5 Å². The molecule has 0 aliphatic heterocycles. The molecular weight excluding hydrogens is 374 g/mol. The minimum Gasteiger partial charge on any atom is -0.504 e. The van der Waals surface area contributed by atoms with Gasteiger partial charge in [0, 0.05) is 33.5 Å². The number of phenols is 1. The van der Waals surface area contributed by atoms with Crippen molar-refractivity contribution >= 4 is 39.7 Å². The molecule has 0 spiro atoms. The van der Waals surface area contributed by atoms with Gasteiger partial charge in [-0.05, 0) is 28.1 Å². The summed E-state index contributed by atoms with van der Waals surface area (Å²) in [6.45, 7) is 0. The maximum Gasteiger partial charge on any atom is 0.272 e. The molecule has 2 rings (SSSR count). The summed E-state index contributed by atoms with van der Waals surface area (Å²) in [6.07, 6.45) is 4.25. The molecule has 0 radical (unpaired) electrons. The third-order valence-electron chi connectivity index (χ3n) is 2.63. The minimum atomic E-state index is -0.432. The Morgan fingerprint density at radius 3 is 2.91 bits per heavy atom. The number of pyridine rings is 1. The number of hydrogen-bond donors (Lipinski definition) is 2. The number of methoxy groups -OCH3 is 1. The Hall–Kier alpha value is -2.12. The van der Waals surface area contributed by atoms with E-state index in [0.29, 0.717) is 20.6 Å². The number of carbonyl (C=O) groups excluding carboxylic acids is 1. The van der Waals surface area contributed by atoms with Gasteiger partial charge in [0.25, 0.3) is 5.91 Å². The number of halogens is 2. The van der Waals surface area contributed by atoms with Crippen LogP contribution in [0.25, 0.3) is 0 Å². The number of rotatable bonds is 4. The van der Waals surface area contributed by atoms with Gasteiger partial charge >= 0.3 is 0 Å². The highest BCUT2D eigenvalue weighted by atomic mass is 79.9. The number of aromatic hydroxyl groups is 1. The fourth-order valence-electron chi connectivity index (χ4n) is 1.61. The second-order valence-corrected chi connectivity index (χ2v) is 5.49. The molecule has 1 heterocycles. The lowest BCUT2D eigenvalue weighted by molar-refractivity contribution is 0.0954. The van der Waals surface area contributed by atoms with E-state index in [1.807, 2.05) is 0 Å². The summed E-state index contributed by atoms with van der Waals surface area (Å²) in [5, 5.41) is 14.1. The van der Waals surface area contributed by atoms with Gasteiger partial charge in [-0.2, -0.15) is 5.10 Å². The molecule has 6 nitrogen and oxygen atoms in total. The maximum absolute atomic E-state index is 11.9. The molecule has 0 fully saturated rings. The quantitative estimate of drug-likeness (QED) is 0.627. The first-order valence-corrected chi connectivity index (χ1v) is 7.19. The van der Waals surface area contributed by atoms with E-state index < -0.39 is 5.91 Å². The van der Waals surface area contributed by atoms with E-state index in [4.69, 9.17) is 16.3 Å². The number of carbonyl (C=O) groups is 1. The first-order valence-electron chi connectivity index (χ1n) is 6.01. The second kappa shape index (κ2) is 7.24. The highest BCUT2D eigenvalue weighted by Gasteiger charge is 2.09. The van der Waals surface area contributed by atoms with Crippen LogP contribution < -0.4 is 10.2 Å². The maximum atomic E-state index is 11.9. The first kappa shape index (κ1) is 16.3. The number of hydrazone groups is 1. The Morgan fingerprint density at radius 2 is 2.23 bits per heavy atom. The van der Waals surface area contributed by atoms with Gasteiger partial charge in [-0.15, -0.1) is 0 Å². The molecule has 22 heavy (non-hydrogen) atoms. The van der Waals surface area contributed by atoms with Crippen LogP contribution >= 0.6 is 27.5 Å². The molecule has 1 aromatic heterocycles. The number of benzene rings is 1. The summed E-state index contributed by atoms with van der Waals surface area (Å²) in [5.41, 5.74) is 3.00. The van der Waals surface area contributed by atoms with Gasteiger partial charge in [0.2, 0.25) is 0 Å². The summed E-state index contributed by atoms with van der Waals surface area (Å²) < 4.78 is 5.66. The highest BCUT2D eigenvalue weighted by Crippen LogP contribution is 2.32. The molecular formula is C14H11BrClN3O3. The number of amides is 1. The van der Waals surface area contributed by atoms with E-state index in [1.165, 1.54) is 31.7 Å². The van der Waals surface area contributed by atoms with Gasteiger partial charge in [0.1, 0.15) is 0 Å². The van der Waals surface area contributed by atoms with Crippen LogP contribution in [0.2, 0.25) is 5.02 Å². The summed E-state index contributed by atoms with van der Waals surface area (Å²) in [5.74, 6) is -0.330. The normalized spacial score (nSPS) is 10.7. The Balaban J connectivity index is 2.13. The van der Waals surface area contributed by atoms with Crippen molar-refractivity contribution in [2.75, 3.05) is 7.11 Å². The first-order chi connectivity index (χ1) is 10.5. The van der Waals surface area contributed by atoms with E-state index in [-0.39, 0.29) is 11.5 Å². The summed E-state index contributed by atoms with van der Waals surface area (Å²) in [7, 11) is 1.41. The van der Waals surface area contributed by atoms with Crippen molar-refractivity contribution in [1.29, 1.82) is 0 Å². The number of phenolic OH excluding ortho intramolecular Hbond substituents is 1. The van der Waals surface area contributed by atoms with Crippen LogP contribution in [0.15, 0.2) is 40.2 Å². The smallest absolute Gasteiger partial charge is 0.272 e. The highest BCUT2D eigenvalue weighted by molar-refractivity contribution is 9.10. The molecule has 2 N–H and O–H groups in total. The van der Waals surface area contributed by atoms with Crippen LogP contribution in [0.3, 0.4) is 0 Å². The zero-order valence-corrected chi connectivity index (χ0v) is 13.7. The standard InChI is InChI=1S/C14H11BrClN3O3/c1-22-12-4-11(16)3-8(13(12)20)6-18-19-14(21)9-2-10(15)7-17-5-9/h2-7,20H,1H3,(H,19,21)/b18-6+. The average Bonchev–Trinajstić information content (AvgIpc) is 2.50. The van der Waals surface area contributed by atoms with Crippen molar-refractivity contribution in [3.63, 3.8) is 0 Å². The van der Waals surface area contributed by atoms with Crippen molar-refractivity contribution < 1.29 is 14.6 Å². The molecule has 114 valence electrons.